The molecule has 0 bridgehead atoms. The third kappa shape index (κ3) is 2.34. The van der Waals surface area contributed by atoms with Gasteiger partial charge < -0.3 is 0 Å². The monoisotopic (exact) mass is 252 g/mol. The van der Waals surface area contributed by atoms with E-state index in [2.05, 4.69) is 0 Å². The fourth-order valence-corrected chi connectivity index (χ4v) is 1.75. The molecule has 17 heavy (non-hydrogen) atoms. The van der Waals surface area contributed by atoms with Gasteiger partial charge in [0.2, 0.25) is 0 Å². The smallest absolute Gasteiger partial charge is 0.150 e. The molecule has 0 spiro atoms. The molecular formula is C13H7ClF2O. The molecule has 0 radical (unpaired) electrons. The molecule has 2 aromatic rings. The summed E-state index contributed by atoms with van der Waals surface area (Å²) in [6.07, 6.45) is 0.593. The van der Waals surface area contributed by atoms with Crippen molar-refractivity contribution in [3.05, 3.63) is 58.6 Å². The lowest BCUT2D eigenvalue weighted by Gasteiger charge is -2.06. The van der Waals surface area contributed by atoms with Gasteiger partial charge in [-0.25, -0.2) is 8.78 Å². The van der Waals surface area contributed by atoms with Crippen molar-refractivity contribution in [3.63, 3.8) is 0 Å². The largest absolute Gasteiger partial charge is 0.298 e. The van der Waals surface area contributed by atoms with Gasteiger partial charge in [0.05, 0.1) is 0 Å². The molecule has 86 valence electrons. The number of aldehydes is 1. The maximum Gasteiger partial charge on any atom is 0.150 e. The van der Waals surface area contributed by atoms with Gasteiger partial charge in [-0.3, -0.25) is 4.79 Å². The molecule has 0 saturated heterocycles. The maximum atomic E-state index is 13.6. The lowest BCUT2D eigenvalue weighted by Crippen LogP contribution is -1.90. The van der Waals surface area contributed by atoms with Crippen LogP contribution in [0.5, 0.6) is 0 Å². The number of carbonyl (C=O) groups excluding carboxylic acids is 1. The van der Waals surface area contributed by atoms with Crippen LogP contribution in [0.25, 0.3) is 11.1 Å². The quantitative estimate of drug-likeness (QED) is 0.736. The Balaban J connectivity index is 2.66. The molecule has 0 N–H and O–H groups in total. The lowest BCUT2D eigenvalue weighted by molar-refractivity contribution is 0.112. The van der Waals surface area contributed by atoms with Crippen molar-refractivity contribution >= 4 is 17.9 Å². The van der Waals surface area contributed by atoms with E-state index in [-0.39, 0.29) is 16.1 Å². The maximum absolute atomic E-state index is 13.6. The van der Waals surface area contributed by atoms with E-state index in [9.17, 15) is 13.6 Å². The predicted molar refractivity (Wildman–Crippen MR) is 62.2 cm³/mol. The number of hydrogen-bond acceptors (Lipinski definition) is 1. The third-order valence-corrected chi connectivity index (χ3v) is 2.67. The second-order valence-corrected chi connectivity index (χ2v) is 3.89. The van der Waals surface area contributed by atoms with Crippen LogP contribution < -0.4 is 0 Å². The minimum atomic E-state index is -0.553. The molecule has 0 fully saturated rings. The van der Waals surface area contributed by atoms with Gasteiger partial charge in [-0.15, -0.1) is 0 Å². The summed E-state index contributed by atoms with van der Waals surface area (Å²) >= 11 is 5.88. The van der Waals surface area contributed by atoms with Crippen molar-refractivity contribution in [3.8, 4) is 11.1 Å². The molecule has 1 nitrogen and oxygen atoms in total. The summed E-state index contributed by atoms with van der Waals surface area (Å²) in [6.45, 7) is 0. The van der Waals surface area contributed by atoms with Crippen molar-refractivity contribution in [1.29, 1.82) is 0 Å². The molecule has 2 rings (SSSR count). The number of carbonyl (C=O) groups is 1. The van der Waals surface area contributed by atoms with Gasteiger partial charge in [0.1, 0.15) is 17.9 Å². The fraction of sp³-hybridized carbons (Fsp3) is 0. The molecule has 2 aromatic carbocycles. The van der Waals surface area contributed by atoms with Crippen molar-refractivity contribution in [2.45, 2.75) is 0 Å². The topological polar surface area (TPSA) is 17.1 Å². The zero-order valence-corrected chi connectivity index (χ0v) is 9.34. The van der Waals surface area contributed by atoms with Gasteiger partial charge in [0.15, 0.2) is 0 Å². The standard InChI is InChI=1S/C13H7ClF2O/c14-12-3-2-9(15)6-10(12)11-5-8(7-17)1-4-13(11)16/h1-7H. The van der Waals surface area contributed by atoms with E-state index in [1.807, 2.05) is 0 Å². The molecule has 0 aliphatic heterocycles. The molecule has 0 aliphatic carbocycles. The highest BCUT2D eigenvalue weighted by Gasteiger charge is 2.10. The van der Waals surface area contributed by atoms with E-state index in [1.54, 1.807) is 0 Å². The first kappa shape index (κ1) is 11.7. The van der Waals surface area contributed by atoms with Gasteiger partial charge in [-0.1, -0.05) is 11.6 Å². The van der Waals surface area contributed by atoms with Crippen molar-refractivity contribution in [1.82, 2.24) is 0 Å². The Bertz CT molecular complexity index is 582. The number of rotatable bonds is 2. The second-order valence-electron chi connectivity index (χ2n) is 3.48. The lowest BCUT2D eigenvalue weighted by atomic mass is 10.0. The van der Waals surface area contributed by atoms with E-state index in [0.717, 1.165) is 12.1 Å². The van der Waals surface area contributed by atoms with E-state index < -0.39 is 11.6 Å². The van der Waals surface area contributed by atoms with Crippen LogP contribution in [-0.4, -0.2) is 6.29 Å². The minimum Gasteiger partial charge on any atom is -0.298 e. The summed E-state index contributed by atoms with van der Waals surface area (Å²) < 4.78 is 26.7. The Kier molecular flexibility index (Phi) is 3.20. The summed E-state index contributed by atoms with van der Waals surface area (Å²) in [4.78, 5) is 10.6. The molecule has 0 heterocycles. The minimum absolute atomic E-state index is 0.110. The summed E-state index contributed by atoms with van der Waals surface area (Å²) in [7, 11) is 0. The SMILES string of the molecule is O=Cc1ccc(F)c(-c2cc(F)ccc2Cl)c1. The van der Waals surface area contributed by atoms with Gasteiger partial charge in [-0.05, 0) is 36.4 Å². The summed E-state index contributed by atoms with van der Waals surface area (Å²) in [5.41, 5.74) is 0.647. The van der Waals surface area contributed by atoms with E-state index in [1.165, 1.54) is 24.3 Å². The van der Waals surface area contributed by atoms with Crippen LogP contribution >= 0.6 is 11.6 Å². The number of halogens is 3. The van der Waals surface area contributed by atoms with Crippen LogP contribution in [0.4, 0.5) is 8.78 Å². The number of hydrogen-bond donors (Lipinski definition) is 0. The van der Waals surface area contributed by atoms with Gasteiger partial charge in [0, 0.05) is 21.7 Å². The predicted octanol–water partition coefficient (Wildman–Crippen LogP) is 4.10. The fourth-order valence-electron chi connectivity index (χ4n) is 1.53. The Hall–Kier alpha value is -1.74. The molecule has 0 atom stereocenters. The third-order valence-electron chi connectivity index (χ3n) is 2.35. The Morgan fingerprint density at radius 3 is 2.47 bits per heavy atom. The summed E-state index contributed by atoms with van der Waals surface area (Å²) in [5.74, 6) is -1.07. The molecule has 0 saturated carbocycles. The molecular weight excluding hydrogens is 246 g/mol. The van der Waals surface area contributed by atoms with Crippen molar-refractivity contribution < 1.29 is 13.6 Å². The first-order valence-corrected chi connectivity index (χ1v) is 5.20. The summed E-state index contributed by atoms with van der Waals surface area (Å²) in [5, 5.41) is 0.230. The van der Waals surface area contributed by atoms with Crippen molar-refractivity contribution in [2.24, 2.45) is 0 Å². The van der Waals surface area contributed by atoms with Gasteiger partial charge >= 0.3 is 0 Å². The zero-order valence-electron chi connectivity index (χ0n) is 8.58. The van der Waals surface area contributed by atoms with Crippen LogP contribution in [-0.2, 0) is 0 Å². The average molecular weight is 253 g/mol. The van der Waals surface area contributed by atoms with Crippen LogP contribution in [0.1, 0.15) is 10.4 Å². The molecule has 0 aliphatic rings. The Labute approximate surface area is 102 Å². The van der Waals surface area contributed by atoms with Crippen LogP contribution in [0.15, 0.2) is 36.4 Å². The number of benzene rings is 2. The molecule has 0 aromatic heterocycles. The van der Waals surface area contributed by atoms with Gasteiger partial charge in [-0.2, -0.15) is 0 Å². The van der Waals surface area contributed by atoms with E-state index >= 15 is 0 Å². The molecule has 4 heteroatoms. The van der Waals surface area contributed by atoms with Crippen LogP contribution in [0.3, 0.4) is 0 Å². The van der Waals surface area contributed by atoms with Gasteiger partial charge in [0.25, 0.3) is 0 Å². The highest BCUT2D eigenvalue weighted by atomic mass is 35.5. The van der Waals surface area contributed by atoms with E-state index in [0.29, 0.717) is 11.8 Å². The zero-order chi connectivity index (χ0) is 12.4. The highest BCUT2D eigenvalue weighted by Crippen LogP contribution is 2.31. The normalized spacial score (nSPS) is 10.3. The van der Waals surface area contributed by atoms with E-state index in [4.69, 9.17) is 11.6 Å². The summed E-state index contributed by atoms with van der Waals surface area (Å²) in [6, 6.07) is 7.50. The average Bonchev–Trinajstić information content (AvgIpc) is 2.33. The molecule has 0 unspecified atom stereocenters. The van der Waals surface area contributed by atoms with Crippen molar-refractivity contribution in [2.75, 3.05) is 0 Å². The van der Waals surface area contributed by atoms with Crippen LogP contribution in [0.2, 0.25) is 5.02 Å². The Morgan fingerprint density at radius 2 is 1.76 bits per heavy atom. The molecule has 0 amide bonds. The Morgan fingerprint density at radius 1 is 1.00 bits per heavy atom. The first-order valence-electron chi connectivity index (χ1n) is 4.82. The highest BCUT2D eigenvalue weighted by molar-refractivity contribution is 6.33. The first-order chi connectivity index (χ1) is 8.11. The second kappa shape index (κ2) is 4.63. The van der Waals surface area contributed by atoms with Crippen LogP contribution in [0, 0.1) is 11.6 Å².